The number of aromatic hydroxyl groups is 1. The van der Waals surface area contributed by atoms with Crippen LogP contribution in [0.4, 0.5) is 0 Å². The average molecular weight is 1180 g/mol. The number of hydrogen-bond acceptors (Lipinski definition) is 20. The minimum absolute atomic E-state index is 0.0292. The van der Waals surface area contributed by atoms with Crippen LogP contribution in [0, 0.1) is 29.6 Å². The first-order valence-electron chi connectivity index (χ1n) is 30.1. The van der Waals surface area contributed by atoms with Crippen molar-refractivity contribution in [2.24, 2.45) is 34.2 Å². The Balaban J connectivity index is 1.17. The molecule has 0 radical (unpaired) electrons. The molecule has 2 heterocycles. The second-order valence-corrected chi connectivity index (χ2v) is 24.5. The second kappa shape index (κ2) is 25.1. The van der Waals surface area contributed by atoms with Gasteiger partial charge in [0.25, 0.3) is 0 Å². The molecule has 2 saturated carbocycles. The van der Waals surface area contributed by atoms with Crippen molar-refractivity contribution in [2.75, 3.05) is 26.7 Å². The molecule has 3 fully saturated rings. The topological polar surface area (TPSA) is 335 Å². The number of rotatable bonds is 13. The van der Waals surface area contributed by atoms with Crippen molar-refractivity contribution in [1.29, 1.82) is 0 Å². The minimum Gasteiger partial charge on any atom is -0.507 e. The number of aldehydes is 1. The average Bonchev–Trinajstić information content (AvgIpc) is 0.807. The van der Waals surface area contributed by atoms with E-state index in [1.165, 1.54) is 12.1 Å². The van der Waals surface area contributed by atoms with Gasteiger partial charge in [0.2, 0.25) is 12.1 Å². The Morgan fingerprint density at radius 1 is 0.953 bits per heavy atom. The molecule has 2 aliphatic heterocycles. The molecule has 11 rings (SSSR count). The van der Waals surface area contributed by atoms with E-state index in [-0.39, 0.29) is 94.1 Å². The Bertz CT molecular complexity index is 3450. The molecule has 86 heavy (non-hydrogen) atoms. The van der Waals surface area contributed by atoms with E-state index in [4.69, 9.17) is 30.4 Å². The van der Waals surface area contributed by atoms with Crippen molar-refractivity contribution >= 4 is 41.9 Å². The lowest BCUT2D eigenvalue weighted by Crippen LogP contribution is -2.69. The van der Waals surface area contributed by atoms with E-state index < -0.39 is 114 Å². The highest BCUT2D eigenvalue weighted by molar-refractivity contribution is 6.32. The number of phenolic OH excluding ortho intramolecular Hbond substituents is 1. The van der Waals surface area contributed by atoms with E-state index in [0.29, 0.717) is 74.6 Å². The third kappa shape index (κ3) is 11.6. The number of nitrogens with zero attached hydrogens (tertiary/aromatic N) is 1. The number of ether oxygens (including phenoxy) is 4. The monoisotopic (exact) mass is 1180 g/mol. The predicted molar refractivity (Wildman–Crippen MR) is 316 cm³/mol. The second-order valence-electron chi connectivity index (χ2n) is 24.5. The lowest BCUT2D eigenvalue weighted by atomic mass is 9.61. The van der Waals surface area contributed by atoms with Crippen LogP contribution in [0.25, 0.3) is 12.2 Å². The first-order chi connectivity index (χ1) is 41.3. The summed E-state index contributed by atoms with van der Waals surface area (Å²) in [5.74, 6) is -1.11. The number of aryl methyl sites for hydroxylation is 1. The van der Waals surface area contributed by atoms with E-state index in [0.717, 1.165) is 43.7 Å². The van der Waals surface area contributed by atoms with Gasteiger partial charge in [-0.3, -0.25) is 24.2 Å². The van der Waals surface area contributed by atoms with Crippen LogP contribution in [-0.4, -0.2) is 141 Å². The summed E-state index contributed by atoms with van der Waals surface area (Å²) in [5, 5.41) is 91.7. The van der Waals surface area contributed by atoms with Crippen molar-refractivity contribution in [1.82, 2.24) is 10.6 Å². The summed E-state index contributed by atoms with van der Waals surface area (Å²) in [5.41, 5.74) is 12.5. The Labute approximate surface area is 499 Å². The molecule has 1 saturated heterocycles. The van der Waals surface area contributed by atoms with Crippen molar-refractivity contribution in [3.05, 3.63) is 120 Å². The number of carbonyl (C=O) groups excluding carboxylic acids is 4. The van der Waals surface area contributed by atoms with Crippen molar-refractivity contribution in [2.45, 2.75) is 164 Å². The quantitative estimate of drug-likeness (QED) is 0.0262. The zero-order chi connectivity index (χ0) is 60.8. The standard InChI is InChI=1S/C66H77N5O15/c1-34(74)84-50-28-41(31-72)51-52-46(50)22-14-35-7-5-8-36(25-35)26-45(75)21-20-43(67)11-6-12-47-53(58(52)78)54(57(51)77)56(76)48(27-40-16-15-38-17-19-42-18-13-37(30-69-2)29-65(42,80)55(38)49(40)32-73)60(47)86-63-62(83-33-44-23-24-70-64(68)71-44)66(81,82)61(79)59(85-63)39-9-3-4-10-39/h5,7-8,14-16,22,25,28,32,37,39,42-45,59,61-63,69,72,75-76,79-82H,3-4,9-10,12-13,17-21,23-24,26-27,29-31,33,67H2,1-2H3,(H3,68,70,71)/b22-14+/t37-,42+,43+,44-,45-,59+,61-,62+,63-,65+/m1/s1. The van der Waals surface area contributed by atoms with Gasteiger partial charge < -0.3 is 76.8 Å². The van der Waals surface area contributed by atoms with Gasteiger partial charge in [-0.25, -0.2) is 0 Å². The van der Waals surface area contributed by atoms with Crippen molar-refractivity contribution < 1.29 is 73.9 Å². The number of benzene rings is 4. The molecule has 20 heteroatoms. The molecule has 0 spiro atoms. The summed E-state index contributed by atoms with van der Waals surface area (Å²) in [7, 11) is 1.85. The summed E-state index contributed by atoms with van der Waals surface area (Å²) < 4.78 is 26.0. The van der Waals surface area contributed by atoms with Crippen LogP contribution in [0.3, 0.4) is 0 Å². The number of nitrogens with one attached hydrogen (secondary N) is 2. The summed E-state index contributed by atoms with van der Waals surface area (Å²) >= 11 is 0. The number of phenols is 1. The molecule has 13 N–H and O–H groups in total. The van der Waals surface area contributed by atoms with Crippen LogP contribution in [0.2, 0.25) is 0 Å². The first kappa shape index (κ1) is 60.8. The van der Waals surface area contributed by atoms with Crippen LogP contribution in [0.1, 0.15) is 170 Å². The number of ketones is 2. The van der Waals surface area contributed by atoms with Gasteiger partial charge >= 0.3 is 5.97 Å². The number of nitrogens with two attached hydrogens (primary N) is 2. The SMILES string of the molecule is CNC[C@@H]1CC[C@H]2CCc3ccc(Cc4c(O)c5c6c(c4O[C@H]4O[C@@H](C7CCCC7)[C@@H](O)C(O)(O)[C@H]4OC[C@H]4CCN=C(N)N4)CC#C[C@H](N)CC[C@@H](O)Cc4cccc(c4)/C=C/c4c(OC(C)=O)cc(CO)c(c4C6=O)C5=O)c(C=O)c3[C@]2(O)C1. The van der Waals surface area contributed by atoms with E-state index >= 15 is 9.59 Å². The van der Waals surface area contributed by atoms with E-state index in [9.17, 15) is 45.3 Å². The van der Waals surface area contributed by atoms with Gasteiger partial charge in [-0.05, 0) is 147 Å². The molecule has 4 aromatic rings. The third-order valence-electron chi connectivity index (χ3n) is 18.8. The Hall–Kier alpha value is -6.87. The maximum atomic E-state index is 16.3. The lowest BCUT2D eigenvalue weighted by molar-refractivity contribution is -0.386. The lowest BCUT2D eigenvalue weighted by Gasteiger charge is -2.48. The van der Waals surface area contributed by atoms with E-state index in [2.05, 4.69) is 27.5 Å². The van der Waals surface area contributed by atoms with E-state index in [1.54, 1.807) is 24.3 Å². The molecule has 5 aliphatic carbocycles. The molecular weight excluding hydrogens is 1100 g/mol. The van der Waals surface area contributed by atoms with Crippen LogP contribution >= 0.6 is 0 Å². The van der Waals surface area contributed by atoms with Crippen molar-refractivity contribution in [3.8, 4) is 29.1 Å². The van der Waals surface area contributed by atoms with E-state index in [1.807, 2.05) is 25.2 Å². The van der Waals surface area contributed by atoms with Gasteiger partial charge in [0.1, 0.15) is 23.4 Å². The number of hydrogen-bond donors (Lipinski definition) is 11. The minimum atomic E-state index is -3.08. The number of aliphatic imine (C=N–C) groups is 1. The normalized spacial score (nSPS) is 28.3. The molecule has 20 nitrogen and oxygen atoms in total. The van der Waals surface area contributed by atoms with Crippen LogP contribution < -0.4 is 31.6 Å². The number of esters is 1. The Kier molecular flexibility index (Phi) is 17.7. The van der Waals surface area contributed by atoms with Crippen LogP contribution in [0.15, 0.2) is 47.5 Å². The highest BCUT2D eigenvalue weighted by Gasteiger charge is 2.59. The molecule has 0 unspecified atom stereocenters. The molecule has 0 amide bonds. The fraction of sp³-hybridized carbons (Fsp3) is 0.500. The maximum Gasteiger partial charge on any atom is 0.308 e. The van der Waals surface area contributed by atoms with Gasteiger partial charge in [-0.1, -0.05) is 67.2 Å². The number of aliphatic hydroxyl groups excluding tert-OH is 3. The molecule has 0 aromatic heterocycles. The third-order valence-corrected chi connectivity index (χ3v) is 18.8. The number of aliphatic hydroxyl groups is 6. The first-order valence-corrected chi connectivity index (χ1v) is 30.1. The van der Waals surface area contributed by atoms with Gasteiger partial charge in [0.15, 0.2) is 29.9 Å². The molecular formula is C66H77N5O15. The zero-order valence-electron chi connectivity index (χ0n) is 48.5. The number of carbonyl (C=O) groups is 4. The molecule has 456 valence electrons. The molecule has 4 bridgehead atoms. The summed E-state index contributed by atoms with van der Waals surface area (Å²) in [4.78, 5) is 63.2. The molecule has 7 aliphatic rings. The summed E-state index contributed by atoms with van der Waals surface area (Å²) in [6.45, 7) is 1.07. The Morgan fingerprint density at radius 3 is 2.49 bits per heavy atom. The largest absolute Gasteiger partial charge is 0.507 e. The maximum absolute atomic E-state index is 16.3. The summed E-state index contributed by atoms with van der Waals surface area (Å²) in [6, 6.07) is 10.8. The predicted octanol–water partition coefficient (Wildman–Crippen LogP) is 3.90. The fourth-order valence-corrected chi connectivity index (χ4v) is 14.6. The van der Waals surface area contributed by atoms with Crippen LogP contribution in [0.5, 0.6) is 17.2 Å². The van der Waals surface area contributed by atoms with Crippen LogP contribution in [-0.2, 0) is 52.2 Å². The summed E-state index contributed by atoms with van der Waals surface area (Å²) in [6.07, 6.45) is 2.25. The number of guanidine groups is 1. The van der Waals surface area contributed by atoms with Gasteiger partial charge in [0, 0.05) is 65.3 Å². The molecule has 4 aromatic carbocycles. The fourth-order valence-electron chi connectivity index (χ4n) is 14.6. The van der Waals surface area contributed by atoms with Gasteiger partial charge in [0.05, 0.1) is 48.7 Å². The zero-order valence-corrected chi connectivity index (χ0v) is 48.5. The number of fused-ring (bicyclic) bond motifs is 5. The van der Waals surface area contributed by atoms with Crippen molar-refractivity contribution in [3.63, 3.8) is 0 Å². The van der Waals surface area contributed by atoms with Gasteiger partial charge in [-0.15, -0.1) is 0 Å². The highest BCUT2D eigenvalue weighted by atomic mass is 16.7. The smallest absolute Gasteiger partial charge is 0.308 e. The molecule has 10 atom stereocenters. The van der Waals surface area contributed by atoms with Gasteiger partial charge in [-0.2, -0.15) is 0 Å². The Morgan fingerprint density at radius 2 is 1.74 bits per heavy atom. The highest BCUT2D eigenvalue weighted by Crippen LogP contribution is 2.53.